The number of hydrogen-bond acceptors (Lipinski definition) is 5. The molecular formula is C10H20N2O2S. The normalized spacial score (nSPS) is 20.4. The lowest BCUT2D eigenvalue weighted by Crippen LogP contribution is -2.24. The molecule has 1 aliphatic heterocycles. The maximum absolute atomic E-state index is 5.34. The fraction of sp³-hybridized carbons (Fsp3) is 0.900. The molecule has 1 heterocycles. The highest BCUT2D eigenvalue weighted by atomic mass is 32.2. The molecule has 1 N–H and O–H groups in total. The van der Waals surface area contributed by atoms with Crippen LogP contribution in [-0.4, -0.2) is 50.4 Å². The second kappa shape index (κ2) is 7.96. The molecule has 0 aliphatic carbocycles. The van der Waals surface area contributed by atoms with Crippen LogP contribution in [0.1, 0.15) is 13.3 Å². The Bertz CT molecular complexity index is 200. The topological polar surface area (TPSA) is 42.9 Å². The van der Waals surface area contributed by atoms with Crippen molar-refractivity contribution in [3.8, 4) is 0 Å². The van der Waals surface area contributed by atoms with Crippen LogP contribution in [0.25, 0.3) is 0 Å². The van der Waals surface area contributed by atoms with Gasteiger partial charge in [-0.05, 0) is 6.42 Å². The molecule has 88 valence electrons. The molecule has 0 saturated heterocycles. The number of aliphatic imine (C=N–C) groups is 1. The molecule has 0 fully saturated rings. The Labute approximate surface area is 95.8 Å². The Morgan fingerprint density at radius 2 is 2.33 bits per heavy atom. The third kappa shape index (κ3) is 5.39. The Hall–Kier alpha value is -0.260. The summed E-state index contributed by atoms with van der Waals surface area (Å²) in [5.41, 5.74) is 0. The van der Waals surface area contributed by atoms with Crippen molar-refractivity contribution < 1.29 is 9.47 Å². The molecule has 1 rings (SSSR count). The van der Waals surface area contributed by atoms with Crippen LogP contribution in [-0.2, 0) is 9.47 Å². The summed E-state index contributed by atoms with van der Waals surface area (Å²) in [5, 5.41) is 5.01. The van der Waals surface area contributed by atoms with Gasteiger partial charge in [-0.3, -0.25) is 4.99 Å². The summed E-state index contributed by atoms with van der Waals surface area (Å²) < 4.78 is 10.2. The molecule has 0 aromatic rings. The van der Waals surface area contributed by atoms with Crippen molar-refractivity contribution in [2.45, 2.75) is 18.6 Å². The third-order valence-corrected chi connectivity index (χ3v) is 3.44. The Kier molecular flexibility index (Phi) is 6.80. The smallest absolute Gasteiger partial charge is 0.157 e. The molecule has 1 unspecified atom stereocenters. The van der Waals surface area contributed by atoms with Gasteiger partial charge in [0, 0.05) is 18.9 Å². The fourth-order valence-corrected chi connectivity index (χ4v) is 2.17. The summed E-state index contributed by atoms with van der Waals surface area (Å²) in [6.07, 6.45) is 1.18. The van der Waals surface area contributed by atoms with Crippen LogP contribution in [0.4, 0.5) is 0 Å². The van der Waals surface area contributed by atoms with Gasteiger partial charge in [0.2, 0.25) is 0 Å². The fourth-order valence-electron chi connectivity index (χ4n) is 1.20. The highest BCUT2D eigenvalue weighted by Gasteiger charge is 2.16. The number of methoxy groups -OCH3 is 1. The average molecular weight is 232 g/mol. The maximum Gasteiger partial charge on any atom is 0.157 e. The Morgan fingerprint density at radius 1 is 1.47 bits per heavy atom. The Balaban J connectivity index is 1.92. The highest BCUT2D eigenvalue weighted by molar-refractivity contribution is 8.14. The molecule has 0 aromatic heterocycles. The minimum absolute atomic E-state index is 0.660. The first kappa shape index (κ1) is 12.8. The predicted octanol–water partition coefficient (Wildman–Crippen LogP) is 1.12. The molecule has 0 aromatic carbocycles. The molecule has 0 saturated carbocycles. The lowest BCUT2D eigenvalue weighted by molar-refractivity contribution is 0.0734. The van der Waals surface area contributed by atoms with Crippen molar-refractivity contribution in [3.05, 3.63) is 0 Å². The van der Waals surface area contributed by atoms with E-state index in [2.05, 4.69) is 17.2 Å². The molecule has 0 amide bonds. The van der Waals surface area contributed by atoms with Crippen molar-refractivity contribution in [1.29, 1.82) is 0 Å². The predicted molar refractivity (Wildman–Crippen MR) is 64.7 cm³/mol. The summed E-state index contributed by atoms with van der Waals surface area (Å²) in [4.78, 5) is 4.41. The van der Waals surface area contributed by atoms with Crippen molar-refractivity contribution in [3.63, 3.8) is 0 Å². The minimum Gasteiger partial charge on any atom is -0.382 e. The van der Waals surface area contributed by atoms with Crippen LogP contribution in [0.3, 0.4) is 0 Å². The number of nitrogens with zero attached hydrogens (tertiary/aromatic N) is 1. The molecule has 0 bridgehead atoms. The van der Waals surface area contributed by atoms with Crippen LogP contribution in [0.5, 0.6) is 0 Å². The molecule has 1 aliphatic rings. The molecule has 5 heteroatoms. The van der Waals surface area contributed by atoms with Crippen LogP contribution >= 0.6 is 11.8 Å². The molecule has 0 spiro atoms. The molecule has 1 atom stereocenters. The number of nitrogens with one attached hydrogen (secondary N) is 1. The van der Waals surface area contributed by atoms with E-state index in [-0.39, 0.29) is 0 Å². The van der Waals surface area contributed by atoms with Crippen LogP contribution in [0.15, 0.2) is 4.99 Å². The average Bonchev–Trinajstić information content (AvgIpc) is 2.71. The molecule has 4 nitrogen and oxygen atoms in total. The first-order valence-electron chi connectivity index (χ1n) is 5.38. The SMILES string of the molecule is CCC1CN=C(NCCOCCOC)S1. The van der Waals surface area contributed by atoms with Crippen LogP contribution in [0.2, 0.25) is 0 Å². The largest absolute Gasteiger partial charge is 0.382 e. The van der Waals surface area contributed by atoms with Crippen molar-refractivity contribution in [1.82, 2.24) is 5.32 Å². The zero-order chi connectivity index (χ0) is 10.9. The number of thioether (sulfide) groups is 1. The third-order valence-electron chi connectivity index (χ3n) is 2.13. The van der Waals surface area contributed by atoms with Gasteiger partial charge in [0.1, 0.15) is 0 Å². The highest BCUT2D eigenvalue weighted by Crippen LogP contribution is 2.21. The maximum atomic E-state index is 5.34. The van der Waals surface area contributed by atoms with E-state index in [0.717, 1.165) is 18.3 Å². The number of amidine groups is 1. The molecule has 0 radical (unpaired) electrons. The minimum atomic E-state index is 0.660. The molecular weight excluding hydrogens is 212 g/mol. The van der Waals surface area contributed by atoms with Gasteiger partial charge >= 0.3 is 0 Å². The zero-order valence-electron chi connectivity index (χ0n) is 9.49. The van der Waals surface area contributed by atoms with Gasteiger partial charge in [-0.25, -0.2) is 0 Å². The van der Waals surface area contributed by atoms with E-state index in [1.807, 2.05) is 11.8 Å². The van der Waals surface area contributed by atoms with Gasteiger partial charge in [0.15, 0.2) is 5.17 Å². The van der Waals surface area contributed by atoms with Crippen molar-refractivity contribution in [2.24, 2.45) is 4.99 Å². The first-order valence-corrected chi connectivity index (χ1v) is 6.26. The molecule has 15 heavy (non-hydrogen) atoms. The van der Waals surface area contributed by atoms with E-state index in [9.17, 15) is 0 Å². The number of hydrogen-bond donors (Lipinski definition) is 1. The monoisotopic (exact) mass is 232 g/mol. The van der Waals surface area contributed by atoms with Crippen LogP contribution < -0.4 is 5.32 Å². The van der Waals surface area contributed by atoms with Gasteiger partial charge in [0.25, 0.3) is 0 Å². The van der Waals surface area contributed by atoms with Gasteiger partial charge in [-0.1, -0.05) is 18.7 Å². The van der Waals surface area contributed by atoms with Gasteiger partial charge in [-0.2, -0.15) is 0 Å². The second-order valence-electron chi connectivity index (χ2n) is 3.33. The zero-order valence-corrected chi connectivity index (χ0v) is 10.3. The summed E-state index contributed by atoms with van der Waals surface area (Å²) in [6, 6.07) is 0. The van der Waals surface area contributed by atoms with E-state index in [0.29, 0.717) is 25.1 Å². The summed E-state index contributed by atoms with van der Waals surface area (Å²) in [6.45, 7) is 6.01. The van der Waals surface area contributed by atoms with E-state index in [1.165, 1.54) is 6.42 Å². The number of ether oxygens (including phenoxy) is 2. The van der Waals surface area contributed by atoms with E-state index < -0.39 is 0 Å². The summed E-state index contributed by atoms with van der Waals surface area (Å²) >= 11 is 1.84. The van der Waals surface area contributed by atoms with E-state index >= 15 is 0 Å². The van der Waals surface area contributed by atoms with Gasteiger partial charge in [0.05, 0.1) is 26.4 Å². The second-order valence-corrected chi connectivity index (χ2v) is 4.61. The standard InChI is InChI=1S/C10H20N2O2S/c1-3-9-8-12-10(15-9)11-4-5-14-7-6-13-2/h9H,3-8H2,1-2H3,(H,11,12). The lowest BCUT2D eigenvalue weighted by atomic mass is 10.3. The van der Waals surface area contributed by atoms with Gasteiger partial charge < -0.3 is 14.8 Å². The lowest BCUT2D eigenvalue weighted by Gasteiger charge is -2.07. The summed E-state index contributed by atoms with van der Waals surface area (Å²) in [7, 11) is 1.68. The first-order chi connectivity index (χ1) is 7.36. The van der Waals surface area contributed by atoms with Crippen molar-refractivity contribution in [2.75, 3.05) is 40.0 Å². The van der Waals surface area contributed by atoms with Crippen LogP contribution in [0, 0.1) is 0 Å². The Morgan fingerprint density at radius 3 is 3.00 bits per heavy atom. The van der Waals surface area contributed by atoms with Crippen molar-refractivity contribution >= 4 is 16.9 Å². The summed E-state index contributed by atoms with van der Waals surface area (Å²) in [5.74, 6) is 0. The quantitative estimate of drug-likeness (QED) is 0.668. The number of rotatable bonds is 7. The van der Waals surface area contributed by atoms with E-state index in [1.54, 1.807) is 7.11 Å². The van der Waals surface area contributed by atoms with Gasteiger partial charge in [-0.15, -0.1) is 0 Å². The van der Waals surface area contributed by atoms with E-state index in [4.69, 9.17) is 9.47 Å².